The number of carbonyl (C=O) groups excluding carboxylic acids is 1. The number of hydrogen-bond acceptors (Lipinski definition) is 4. The largest absolute Gasteiger partial charge is 0.378 e. The Morgan fingerprint density at radius 2 is 1.83 bits per heavy atom. The third-order valence-electron chi connectivity index (χ3n) is 6.90. The summed E-state index contributed by atoms with van der Waals surface area (Å²) in [4.78, 5) is 18.4. The summed E-state index contributed by atoms with van der Waals surface area (Å²) >= 11 is 0. The van der Waals surface area contributed by atoms with Gasteiger partial charge in [-0.15, -0.1) is 0 Å². The Balaban J connectivity index is 1.69. The second kappa shape index (κ2) is 8.37. The van der Waals surface area contributed by atoms with Crippen molar-refractivity contribution < 1.29 is 9.53 Å². The molecular formula is C26H32N2O2. The van der Waals surface area contributed by atoms with Crippen LogP contribution in [0.4, 0.5) is 5.69 Å². The molecule has 2 atom stereocenters. The summed E-state index contributed by atoms with van der Waals surface area (Å²) in [6, 6.07) is 14.6. The predicted octanol–water partition coefficient (Wildman–Crippen LogP) is 4.54. The van der Waals surface area contributed by atoms with E-state index >= 15 is 0 Å². The van der Waals surface area contributed by atoms with Gasteiger partial charge in [0.15, 0.2) is 5.78 Å². The molecule has 1 saturated heterocycles. The van der Waals surface area contributed by atoms with Crippen LogP contribution in [0.5, 0.6) is 0 Å². The fourth-order valence-electron chi connectivity index (χ4n) is 5.13. The molecule has 30 heavy (non-hydrogen) atoms. The van der Waals surface area contributed by atoms with Gasteiger partial charge in [-0.2, -0.15) is 0 Å². The van der Waals surface area contributed by atoms with Gasteiger partial charge in [-0.1, -0.05) is 37.3 Å². The van der Waals surface area contributed by atoms with Crippen molar-refractivity contribution in [3.05, 3.63) is 70.8 Å². The van der Waals surface area contributed by atoms with Crippen molar-refractivity contribution in [3.8, 4) is 0 Å². The number of anilines is 1. The van der Waals surface area contributed by atoms with Crippen LogP contribution >= 0.6 is 0 Å². The second-order valence-electron chi connectivity index (χ2n) is 8.56. The maximum Gasteiger partial charge on any atom is 0.183 e. The first kappa shape index (κ1) is 20.8. The highest BCUT2D eigenvalue weighted by Gasteiger charge is 2.47. The molecule has 2 aromatic carbocycles. The maximum absolute atomic E-state index is 14.0. The number of morpholine rings is 1. The topological polar surface area (TPSA) is 32.8 Å². The van der Waals surface area contributed by atoms with Crippen LogP contribution in [-0.4, -0.2) is 56.6 Å². The molecular weight excluding hydrogens is 372 g/mol. The van der Waals surface area contributed by atoms with Gasteiger partial charge in [0.05, 0.1) is 18.8 Å². The van der Waals surface area contributed by atoms with E-state index in [1.807, 2.05) is 26.2 Å². The van der Waals surface area contributed by atoms with Crippen molar-refractivity contribution in [1.29, 1.82) is 0 Å². The molecule has 0 saturated carbocycles. The highest BCUT2D eigenvalue weighted by molar-refractivity contribution is 6.05. The van der Waals surface area contributed by atoms with Crippen LogP contribution in [-0.2, 0) is 4.74 Å². The molecule has 0 amide bonds. The zero-order valence-corrected chi connectivity index (χ0v) is 18.5. The first-order valence-electron chi connectivity index (χ1n) is 10.9. The van der Waals surface area contributed by atoms with Crippen LogP contribution in [0, 0.1) is 6.92 Å². The summed E-state index contributed by atoms with van der Waals surface area (Å²) in [7, 11) is 4.07. The Kier molecular flexibility index (Phi) is 5.81. The molecule has 1 fully saturated rings. The van der Waals surface area contributed by atoms with Crippen molar-refractivity contribution in [1.82, 2.24) is 4.90 Å². The molecule has 1 aliphatic carbocycles. The molecule has 1 heterocycles. The number of rotatable bonds is 6. The second-order valence-corrected chi connectivity index (χ2v) is 8.56. The van der Waals surface area contributed by atoms with Crippen LogP contribution < -0.4 is 4.90 Å². The van der Waals surface area contributed by atoms with E-state index in [1.54, 1.807) is 0 Å². The number of Topliss-reactive ketones (excluding diaryl/α,β-unsaturated/α-hetero) is 1. The zero-order chi connectivity index (χ0) is 21.3. The van der Waals surface area contributed by atoms with Crippen molar-refractivity contribution in [3.63, 3.8) is 0 Å². The van der Waals surface area contributed by atoms with Crippen molar-refractivity contribution in [2.75, 3.05) is 45.3 Å². The lowest BCUT2D eigenvalue weighted by atomic mass is 9.72. The molecule has 4 nitrogen and oxygen atoms in total. The van der Waals surface area contributed by atoms with E-state index in [0.29, 0.717) is 0 Å². The molecule has 4 heteroatoms. The fourth-order valence-corrected chi connectivity index (χ4v) is 5.13. The first-order valence-corrected chi connectivity index (χ1v) is 10.9. The summed E-state index contributed by atoms with van der Waals surface area (Å²) in [5.41, 5.74) is 5.09. The fraction of sp³-hybridized carbons (Fsp3) is 0.423. The maximum atomic E-state index is 14.0. The molecule has 0 radical (unpaired) electrons. The third-order valence-corrected chi connectivity index (χ3v) is 6.90. The van der Waals surface area contributed by atoms with E-state index < -0.39 is 5.54 Å². The van der Waals surface area contributed by atoms with Crippen LogP contribution in [0.15, 0.2) is 48.5 Å². The van der Waals surface area contributed by atoms with E-state index in [-0.39, 0.29) is 11.7 Å². The number of carbonyl (C=O) groups is 1. The van der Waals surface area contributed by atoms with E-state index in [4.69, 9.17) is 4.74 Å². The predicted molar refractivity (Wildman–Crippen MR) is 123 cm³/mol. The van der Waals surface area contributed by atoms with Crippen molar-refractivity contribution in [2.45, 2.75) is 31.7 Å². The van der Waals surface area contributed by atoms with E-state index in [0.717, 1.165) is 44.0 Å². The Hall–Kier alpha value is -2.43. The normalized spacial score (nSPS) is 20.3. The number of ketones is 1. The van der Waals surface area contributed by atoms with Crippen molar-refractivity contribution >= 4 is 17.5 Å². The molecule has 0 spiro atoms. The Labute approximate surface area is 180 Å². The summed E-state index contributed by atoms with van der Waals surface area (Å²) in [6.07, 6.45) is 5.16. The Bertz CT molecular complexity index is 942. The number of benzene rings is 2. The van der Waals surface area contributed by atoms with Gasteiger partial charge in [0.2, 0.25) is 0 Å². The molecule has 1 aliphatic heterocycles. The smallest absolute Gasteiger partial charge is 0.183 e. The number of likely N-dealkylation sites (N-methyl/N-ethyl adjacent to an activating group) is 1. The number of nitrogens with zero attached hydrogens (tertiary/aromatic N) is 2. The van der Waals surface area contributed by atoms with Crippen LogP contribution in [0.2, 0.25) is 0 Å². The molecule has 0 aromatic heterocycles. The van der Waals surface area contributed by atoms with Gasteiger partial charge in [-0.25, -0.2) is 0 Å². The van der Waals surface area contributed by atoms with E-state index in [2.05, 4.69) is 66.1 Å². The minimum atomic E-state index is -0.615. The monoisotopic (exact) mass is 404 g/mol. The number of hydrogen-bond donors (Lipinski definition) is 0. The van der Waals surface area contributed by atoms with Crippen LogP contribution in [0.3, 0.4) is 0 Å². The summed E-state index contributed by atoms with van der Waals surface area (Å²) < 4.78 is 5.46. The molecule has 2 unspecified atom stereocenters. The van der Waals surface area contributed by atoms with E-state index in [9.17, 15) is 4.79 Å². The quantitative estimate of drug-likeness (QED) is 0.662. The van der Waals surface area contributed by atoms with E-state index in [1.165, 1.54) is 16.7 Å². The minimum Gasteiger partial charge on any atom is -0.378 e. The van der Waals surface area contributed by atoms with Gasteiger partial charge in [0, 0.05) is 30.3 Å². The number of aryl methyl sites for hydroxylation is 1. The number of ether oxygens (including phenoxy) is 1. The zero-order valence-electron chi connectivity index (χ0n) is 18.5. The van der Waals surface area contributed by atoms with Gasteiger partial charge < -0.3 is 9.64 Å². The third kappa shape index (κ3) is 3.38. The lowest BCUT2D eigenvalue weighted by Gasteiger charge is -2.42. The molecule has 2 aromatic rings. The standard InChI is InChI=1S/C26H32N2O2/c1-5-26(27(3)4,24-14-13-22-19(2)7-6-8-23(22)24)25(29)20-9-11-21(12-10-20)28-15-17-30-18-16-28/h6-14,24H,5,15-18H2,1-4H3. The molecule has 158 valence electrons. The summed E-state index contributed by atoms with van der Waals surface area (Å²) in [6.45, 7) is 7.57. The summed E-state index contributed by atoms with van der Waals surface area (Å²) in [5, 5.41) is 0. The van der Waals surface area contributed by atoms with Gasteiger partial charge >= 0.3 is 0 Å². The van der Waals surface area contributed by atoms with Gasteiger partial charge in [0.25, 0.3) is 0 Å². The Morgan fingerprint density at radius 1 is 1.13 bits per heavy atom. The Morgan fingerprint density at radius 3 is 2.47 bits per heavy atom. The lowest BCUT2D eigenvalue weighted by Crippen LogP contribution is -2.54. The highest BCUT2D eigenvalue weighted by Crippen LogP contribution is 2.44. The van der Waals surface area contributed by atoms with Crippen LogP contribution in [0.25, 0.3) is 6.08 Å². The van der Waals surface area contributed by atoms with Gasteiger partial charge in [0.1, 0.15) is 0 Å². The molecule has 0 N–H and O–H groups in total. The average molecular weight is 405 g/mol. The highest BCUT2D eigenvalue weighted by atomic mass is 16.5. The van der Waals surface area contributed by atoms with Gasteiger partial charge in [-0.3, -0.25) is 9.69 Å². The molecule has 2 aliphatic rings. The number of fused-ring (bicyclic) bond motifs is 1. The molecule has 4 rings (SSSR count). The first-order chi connectivity index (χ1) is 14.5. The SMILES string of the molecule is CCC(C(=O)c1ccc(N2CCOCC2)cc1)(C1C=Cc2c(C)cccc21)N(C)C. The average Bonchev–Trinajstić information content (AvgIpc) is 3.21. The van der Waals surface area contributed by atoms with Gasteiger partial charge in [-0.05, 0) is 68.4 Å². The minimum absolute atomic E-state index is 0.0406. The molecule has 0 bridgehead atoms. The lowest BCUT2D eigenvalue weighted by molar-refractivity contribution is 0.0629. The summed E-state index contributed by atoms with van der Waals surface area (Å²) in [5.74, 6) is 0.228. The van der Waals surface area contributed by atoms with Crippen molar-refractivity contribution in [2.24, 2.45) is 0 Å². The van der Waals surface area contributed by atoms with Crippen LogP contribution in [0.1, 0.15) is 46.3 Å².